The molecule has 5 aromatic rings. The Hall–Kier alpha value is -3.65. The van der Waals surface area contributed by atoms with Gasteiger partial charge in [0, 0.05) is 9.68 Å². The largest absolute Gasteiger partial charge is 0.292 e. The zero-order chi connectivity index (χ0) is 26.3. The van der Waals surface area contributed by atoms with Gasteiger partial charge in [0.1, 0.15) is 5.82 Å². The van der Waals surface area contributed by atoms with Crippen molar-refractivity contribution in [2.24, 2.45) is 0 Å². The minimum absolute atomic E-state index is 0.320. The van der Waals surface area contributed by atoms with Crippen LogP contribution < -0.4 is 0 Å². The average Bonchev–Trinajstić information content (AvgIpc) is 3.27. The Morgan fingerprint density at radius 1 is 0.706 bits per heavy atom. The molecular weight excluding hydrogens is 412 g/mol. The van der Waals surface area contributed by atoms with Crippen LogP contribution in [0.5, 0.6) is 0 Å². The van der Waals surface area contributed by atoms with Crippen LogP contribution in [0.4, 0.5) is 0 Å². The van der Waals surface area contributed by atoms with Crippen molar-refractivity contribution < 1.29 is 4.11 Å². The number of hydrogen-bond acceptors (Lipinski definition) is 1. The molecule has 0 spiro atoms. The van der Waals surface area contributed by atoms with Gasteiger partial charge >= 0.3 is 0 Å². The van der Waals surface area contributed by atoms with Crippen LogP contribution in [0.2, 0.25) is 0 Å². The van der Waals surface area contributed by atoms with E-state index in [1.54, 1.807) is 6.07 Å². The fourth-order valence-electron chi connectivity index (χ4n) is 4.76. The molecule has 0 bridgehead atoms. The molecule has 0 fully saturated rings. The van der Waals surface area contributed by atoms with Gasteiger partial charge in [0.2, 0.25) is 0 Å². The van der Waals surface area contributed by atoms with Crippen molar-refractivity contribution in [3.05, 3.63) is 108 Å². The van der Waals surface area contributed by atoms with E-state index in [0.29, 0.717) is 23.0 Å². The molecule has 0 amide bonds. The van der Waals surface area contributed by atoms with Crippen LogP contribution >= 0.6 is 0 Å². The van der Waals surface area contributed by atoms with Crippen LogP contribution in [-0.2, 0) is 0 Å². The molecule has 0 aliphatic rings. The first-order chi connectivity index (χ1) is 17.7. The zero-order valence-corrected chi connectivity index (χ0v) is 20.2. The first-order valence-corrected chi connectivity index (χ1v) is 12.0. The smallest absolute Gasteiger partial charge is 0.145 e. The highest BCUT2D eigenvalue weighted by Crippen LogP contribution is 2.38. The summed E-state index contributed by atoms with van der Waals surface area (Å²) in [6.07, 6.45) is 0. The molecule has 0 unspecified atom stereocenters. The van der Waals surface area contributed by atoms with Gasteiger partial charge in [-0.15, -0.1) is 0 Å². The molecule has 170 valence electrons. The molecule has 0 N–H and O–H groups in total. The summed E-state index contributed by atoms with van der Waals surface area (Å²) in [6.45, 7) is 6.67. The van der Waals surface area contributed by atoms with Gasteiger partial charge in [-0.25, -0.2) is 4.98 Å². The number of hydrogen-bond donors (Lipinski definition) is 0. The summed E-state index contributed by atoms with van der Waals surface area (Å²) >= 11 is 0. The number of nitrogens with zero attached hydrogens (tertiary/aromatic N) is 2. The number of aromatic nitrogens is 2. The van der Waals surface area contributed by atoms with E-state index >= 15 is 0 Å². The van der Waals surface area contributed by atoms with Crippen molar-refractivity contribution in [1.82, 2.24) is 9.55 Å². The van der Waals surface area contributed by atoms with Gasteiger partial charge in [0.05, 0.1) is 16.7 Å². The molecule has 1 heterocycles. The molecule has 2 heteroatoms. The highest BCUT2D eigenvalue weighted by atomic mass is 15.1. The van der Waals surface area contributed by atoms with Crippen LogP contribution in [0, 0.1) is 6.85 Å². The fourth-order valence-corrected chi connectivity index (χ4v) is 4.76. The second kappa shape index (κ2) is 8.95. The molecule has 34 heavy (non-hydrogen) atoms. The molecule has 5 rings (SSSR count). The van der Waals surface area contributed by atoms with Crippen LogP contribution in [0.1, 0.15) is 60.3 Å². The standard InChI is InChI=1S/C32H32N2/c1-21(2)26-14-11-15-27(22(3)4)31(26)34-30-17-10-9-16-29(30)33-32(34)25-19-18-23(5)28(20-25)24-12-7-6-8-13-24/h6-22H,1-5H3/i5D3. The summed E-state index contributed by atoms with van der Waals surface area (Å²) in [5.41, 5.74) is 8.45. The predicted molar refractivity (Wildman–Crippen MR) is 145 cm³/mol. The molecule has 0 aliphatic heterocycles. The molecular formula is C32H32N2. The van der Waals surface area contributed by atoms with E-state index in [1.807, 2.05) is 60.7 Å². The van der Waals surface area contributed by atoms with Crippen molar-refractivity contribution in [2.75, 3.05) is 0 Å². The number of imidazole rings is 1. The highest BCUT2D eigenvalue weighted by Gasteiger charge is 2.22. The van der Waals surface area contributed by atoms with Gasteiger partial charge in [-0.05, 0) is 64.7 Å². The molecule has 0 saturated heterocycles. The average molecular weight is 448 g/mol. The third kappa shape index (κ3) is 3.84. The molecule has 0 aliphatic carbocycles. The van der Waals surface area contributed by atoms with Crippen LogP contribution in [0.25, 0.3) is 39.2 Å². The summed E-state index contributed by atoms with van der Waals surface area (Å²) < 4.78 is 26.8. The van der Waals surface area contributed by atoms with Crippen LogP contribution in [0.3, 0.4) is 0 Å². The Morgan fingerprint density at radius 2 is 1.38 bits per heavy atom. The Kier molecular flexibility index (Phi) is 4.93. The fraction of sp³-hybridized carbons (Fsp3) is 0.219. The maximum absolute atomic E-state index is 8.17. The molecule has 1 aromatic heterocycles. The van der Waals surface area contributed by atoms with E-state index in [0.717, 1.165) is 33.7 Å². The van der Waals surface area contributed by atoms with E-state index in [-0.39, 0.29) is 0 Å². The van der Waals surface area contributed by atoms with Crippen molar-refractivity contribution in [1.29, 1.82) is 0 Å². The first-order valence-electron chi connectivity index (χ1n) is 13.5. The third-order valence-electron chi connectivity index (χ3n) is 6.49. The lowest BCUT2D eigenvalue weighted by molar-refractivity contribution is 0.811. The van der Waals surface area contributed by atoms with E-state index in [4.69, 9.17) is 9.10 Å². The van der Waals surface area contributed by atoms with E-state index in [9.17, 15) is 0 Å². The van der Waals surface area contributed by atoms with Gasteiger partial charge in [-0.1, -0.05) is 100 Å². The normalized spacial score (nSPS) is 13.3. The van der Waals surface area contributed by atoms with Gasteiger partial charge in [-0.2, -0.15) is 0 Å². The van der Waals surface area contributed by atoms with E-state index in [2.05, 4.69) is 56.5 Å². The predicted octanol–water partition coefficient (Wildman–Crippen LogP) is 8.91. The molecule has 0 atom stereocenters. The Bertz CT molecular complexity index is 1530. The van der Waals surface area contributed by atoms with Gasteiger partial charge in [0.15, 0.2) is 0 Å². The zero-order valence-electron chi connectivity index (χ0n) is 23.2. The number of para-hydroxylation sites is 3. The minimum atomic E-state index is -2.22. The molecule has 0 radical (unpaired) electrons. The van der Waals surface area contributed by atoms with Gasteiger partial charge in [0.25, 0.3) is 0 Å². The first kappa shape index (κ1) is 18.7. The minimum Gasteiger partial charge on any atom is -0.292 e. The lowest BCUT2D eigenvalue weighted by Gasteiger charge is -2.22. The quantitative estimate of drug-likeness (QED) is 0.263. The molecule has 0 saturated carbocycles. The van der Waals surface area contributed by atoms with Crippen molar-refractivity contribution in [3.8, 4) is 28.2 Å². The van der Waals surface area contributed by atoms with Gasteiger partial charge < -0.3 is 0 Å². The Balaban J connectivity index is 1.86. The molecule has 4 aromatic carbocycles. The highest BCUT2D eigenvalue weighted by molar-refractivity contribution is 5.85. The number of fused-ring (bicyclic) bond motifs is 1. The topological polar surface area (TPSA) is 17.8 Å². The summed E-state index contributed by atoms with van der Waals surface area (Å²) in [5.74, 6) is 1.45. The number of aryl methyl sites for hydroxylation is 1. The van der Waals surface area contributed by atoms with Crippen molar-refractivity contribution >= 4 is 11.0 Å². The van der Waals surface area contributed by atoms with E-state index in [1.165, 1.54) is 11.1 Å². The summed E-state index contributed by atoms with van der Waals surface area (Å²) in [5, 5.41) is 0. The monoisotopic (exact) mass is 447 g/mol. The van der Waals surface area contributed by atoms with Crippen LogP contribution in [0.15, 0.2) is 91.0 Å². The van der Waals surface area contributed by atoms with Crippen molar-refractivity contribution in [3.63, 3.8) is 0 Å². The second-order valence-corrected chi connectivity index (χ2v) is 9.48. The third-order valence-corrected chi connectivity index (χ3v) is 6.49. The summed E-state index contributed by atoms with van der Waals surface area (Å²) in [7, 11) is 0. The van der Waals surface area contributed by atoms with Crippen LogP contribution in [-0.4, -0.2) is 9.55 Å². The Labute approximate surface area is 207 Å². The summed E-state index contributed by atoms with van der Waals surface area (Å²) in [6, 6.07) is 30.1. The second-order valence-electron chi connectivity index (χ2n) is 9.48. The Morgan fingerprint density at radius 3 is 2.06 bits per heavy atom. The number of rotatable bonds is 5. The maximum atomic E-state index is 8.17. The van der Waals surface area contributed by atoms with E-state index < -0.39 is 6.85 Å². The maximum Gasteiger partial charge on any atom is 0.145 e. The lowest BCUT2D eigenvalue weighted by atomic mass is 9.92. The number of benzene rings is 4. The van der Waals surface area contributed by atoms with Crippen molar-refractivity contribution in [2.45, 2.75) is 46.4 Å². The van der Waals surface area contributed by atoms with Gasteiger partial charge in [-0.3, -0.25) is 4.57 Å². The lowest BCUT2D eigenvalue weighted by Crippen LogP contribution is -2.08. The summed E-state index contributed by atoms with van der Waals surface area (Å²) in [4.78, 5) is 5.11. The molecule has 2 nitrogen and oxygen atoms in total. The SMILES string of the molecule is [2H]C([2H])([2H])c1ccc(-c2nc3ccccc3n2-c2c(C(C)C)cccc2C(C)C)cc1-c1ccccc1.